The Hall–Kier alpha value is -2.39. The van der Waals surface area contributed by atoms with Gasteiger partial charge in [-0.3, -0.25) is 4.79 Å². The van der Waals surface area contributed by atoms with Crippen LogP contribution in [0.3, 0.4) is 0 Å². The van der Waals surface area contributed by atoms with Gasteiger partial charge in [-0.15, -0.1) is 0 Å². The molecule has 156 valence electrons. The van der Waals surface area contributed by atoms with Crippen molar-refractivity contribution >= 4 is 16.0 Å². The lowest BCUT2D eigenvalue weighted by molar-refractivity contribution is -0.138. The lowest BCUT2D eigenvalue weighted by atomic mass is 9.85. The van der Waals surface area contributed by atoms with Crippen molar-refractivity contribution in [3.63, 3.8) is 0 Å². The lowest BCUT2D eigenvalue weighted by Crippen LogP contribution is -2.39. The van der Waals surface area contributed by atoms with E-state index >= 15 is 0 Å². The minimum Gasteiger partial charge on any atom is -0.481 e. The maximum atomic E-state index is 12.7. The molecule has 1 aliphatic carbocycles. The molecule has 0 saturated carbocycles. The Kier molecular flexibility index (Phi) is 6.00. The summed E-state index contributed by atoms with van der Waals surface area (Å²) in [5, 5.41) is 8.88. The van der Waals surface area contributed by atoms with Crippen molar-refractivity contribution in [3.8, 4) is 0 Å². The molecule has 29 heavy (non-hydrogen) atoms. The molecule has 0 heterocycles. The predicted molar refractivity (Wildman–Crippen MR) is 100.0 cm³/mol. The van der Waals surface area contributed by atoms with Gasteiger partial charge in [0.15, 0.2) is 0 Å². The van der Waals surface area contributed by atoms with Crippen LogP contribution in [0.25, 0.3) is 0 Å². The number of aliphatic carboxylic acids is 1. The van der Waals surface area contributed by atoms with Gasteiger partial charge in [0.2, 0.25) is 10.0 Å². The van der Waals surface area contributed by atoms with Crippen LogP contribution in [0.2, 0.25) is 0 Å². The van der Waals surface area contributed by atoms with Crippen LogP contribution >= 0.6 is 0 Å². The second-order valence-electron chi connectivity index (χ2n) is 7.03. The van der Waals surface area contributed by atoms with Crippen LogP contribution in [0, 0.1) is 0 Å². The van der Waals surface area contributed by atoms with Gasteiger partial charge in [-0.05, 0) is 66.6 Å². The van der Waals surface area contributed by atoms with Crippen molar-refractivity contribution in [1.82, 2.24) is 4.72 Å². The number of sulfonamides is 1. The van der Waals surface area contributed by atoms with Crippen molar-refractivity contribution in [2.45, 2.75) is 49.2 Å². The number of carboxylic acid groups (broad SMARTS) is 1. The van der Waals surface area contributed by atoms with E-state index < -0.39 is 27.7 Å². The molecule has 2 aromatic rings. The summed E-state index contributed by atoms with van der Waals surface area (Å²) in [7, 11) is -3.95. The third-order valence-corrected chi connectivity index (χ3v) is 6.54. The summed E-state index contributed by atoms with van der Waals surface area (Å²) >= 11 is 0. The summed E-state index contributed by atoms with van der Waals surface area (Å²) < 4.78 is 65.7. The quantitative estimate of drug-likeness (QED) is 0.739. The number of nitrogens with one attached hydrogen (secondary N) is 1. The largest absolute Gasteiger partial charge is 0.481 e. The molecular weight excluding hydrogens is 407 g/mol. The Bertz CT molecular complexity index is 1000. The first-order valence-electron chi connectivity index (χ1n) is 9.07. The number of hydrogen-bond donors (Lipinski definition) is 2. The highest BCUT2D eigenvalue weighted by molar-refractivity contribution is 7.89. The van der Waals surface area contributed by atoms with Crippen molar-refractivity contribution in [2.75, 3.05) is 0 Å². The van der Waals surface area contributed by atoms with E-state index in [0.29, 0.717) is 25.7 Å². The van der Waals surface area contributed by atoms with Crippen LogP contribution in [0.1, 0.15) is 35.1 Å². The highest BCUT2D eigenvalue weighted by Gasteiger charge is 2.31. The third-order valence-electron chi connectivity index (χ3n) is 5.00. The molecule has 5 nitrogen and oxygen atoms in total. The first-order valence-corrected chi connectivity index (χ1v) is 10.6. The number of carbonyl (C=O) groups is 1. The van der Waals surface area contributed by atoms with E-state index in [4.69, 9.17) is 5.11 Å². The zero-order valence-electron chi connectivity index (χ0n) is 15.4. The first-order chi connectivity index (χ1) is 13.6. The number of aryl methyl sites for hydroxylation is 1. The van der Waals surface area contributed by atoms with Gasteiger partial charge in [-0.1, -0.05) is 18.2 Å². The predicted octanol–water partition coefficient (Wildman–Crippen LogP) is 3.56. The Morgan fingerprint density at radius 1 is 1.14 bits per heavy atom. The van der Waals surface area contributed by atoms with E-state index in [9.17, 15) is 26.4 Å². The molecular formula is C20H20F3NO4S. The molecule has 2 N–H and O–H groups in total. The van der Waals surface area contributed by atoms with E-state index in [2.05, 4.69) is 4.72 Å². The molecule has 0 aliphatic heterocycles. The normalized spacial score (nSPS) is 17.0. The Labute approximate surface area is 166 Å². The molecule has 0 amide bonds. The fraction of sp³-hybridized carbons (Fsp3) is 0.350. The molecule has 1 aliphatic rings. The Morgan fingerprint density at radius 2 is 1.83 bits per heavy atom. The fourth-order valence-electron chi connectivity index (χ4n) is 3.57. The average Bonchev–Trinajstić information content (AvgIpc) is 2.65. The number of benzene rings is 2. The van der Waals surface area contributed by atoms with Gasteiger partial charge in [-0.25, -0.2) is 13.1 Å². The summed E-state index contributed by atoms with van der Waals surface area (Å²) in [6.07, 6.45) is -2.51. The summed E-state index contributed by atoms with van der Waals surface area (Å²) in [4.78, 5) is 10.6. The van der Waals surface area contributed by atoms with E-state index in [0.717, 1.165) is 41.0 Å². The molecule has 0 spiro atoms. The number of carboxylic acids is 1. The summed E-state index contributed by atoms with van der Waals surface area (Å²) in [5.74, 6) is -0.874. The molecule has 0 aromatic heterocycles. The minimum absolute atomic E-state index is 0.0282. The van der Waals surface area contributed by atoms with Crippen LogP contribution in [0.4, 0.5) is 13.2 Å². The van der Waals surface area contributed by atoms with Gasteiger partial charge >= 0.3 is 12.1 Å². The smallest absolute Gasteiger partial charge is 0.416 e. The molecule has 0 saturated heterocycles. The van der Waals surface area contributed by atoms with Crippen molar-refractivity contribution in [1.29, 1.82) is 0 Å². The monoisotopic (exact) mass is 427 g/mol. The zero-order chi connectivity index (χ0) is 21.2. The van der Waals surface area contributed by atoms with Crippen LogP contribution in [-0.4, -0.2) is 25.5 Å². The highest BCUT2D eigenvalue weighted by atomic mass is 32.2. The number of halogens is 3. The molecule has 0 bridgehead atoms. The number of fused-ring (bicyclic) bond motifs is 1. The maximum absolute atomic E-state index is 12.7. The van der Waals surface area contributed by atoms with E-state index in [1.165, 1.54) is 0 Å². The van der Waals surface area contributed by atoms with Crippen molar-refractivity contribution < 1.29 is 31.5 Å². The molecule has 2 aromatic carbocycles. The lowest BCUT2D eigenvalue weighted by Gasteiger charge is -2.27. The number of rotatable bonds is 6. The van der Waals surface area contributed by atoms with Gasteiger partial charge in [-0.2, -0.15) is 13.2 Å². The Morgan fingerprint density at radius 3 is 2.45 bits per heavy atom. The molecule has 3 rings (SSSR count). The van der Waals surface area contributed by atoms with Gasteiger partial charge in [0, 0.05) is 12.5 Å². The summed E-state index contributed by atoms with van der Waals surface area (Å²) in [5.41, 5.74) is 2.06. The Balaban J connectivity index is 1.72. The molecule has 1 atom stereocenters. The van der Waals surface area contributed by atoms with Gasteiger partial charge < -0.3 is 5.11 Å². The number of hydrogen-bond acceptors (Lipinski definition) is 3. The maximum Gasteiger partial charge on any atom is 0.416 e. The molecule has 0 radical (unpaired) electrons. The van der Waals surface area contributed by atoms with Crippen LogP contribution in [0.15, 0.2) is 47.4 Å². The van der Waals surface area contributed by atoms with Crippen LogP contribution in [0.5, 0.6) is 0 Å². The molecule has 9 heteroatoms. The number of alkyl halides is 3. The van der Waals surface area contributed by atoms with Crippen LogP contribution in [-0.2, 0) is 40.3 Å². The highest BCUT2D eigenvalue weighted by Crippen LogP contribution is 2.30. The van der Waals surface area contributed by atoms with Gasteiger partial charge in [0.1, 0.15) is 0 Å². The molecule has 1 unspecified atom stereocenters. The van der Waals surface area contributed by atoms with Gasteiger partial charge in [0.25, 0.3) is 0 Å². The second kappa shape index (κ2) is 8.16. The van der Waals surface area contributed by atoms with E-state index in [1.54, 1.807) is 0 Å². The average molecular weight is 427 g/mol. The third kappa shape index (κ3) is 5.16. The standard InChI is InChI=1S/C20H20F3NO4S/c21-20(22,23)15-5-8-17(9-6-15)29(27,28)24-16-7-10-18-13(4-11-19(25)26)2-1-3-14(18)12-16/h1-3,5-6,8-9,16,24H,4,7,10-12H2,(H,25,26). The zero-order valence-corrected chi connectivity index (χ0v) is 16.2. The van der Waals surface area contributed by atoms with Crippen molar-refractivity contribution in [2.24, 2.45) is 0 Å². The topological polar surface area (TPSA) is 83.5 Å². The summed E-state index contributed by atoms with van der Waals surface area (Å²) in [6, 6.07) is 8.61. The van der Waals surface area contributed by atoms with E-state index in [-0.39, 0.29) is 17.4 Å². The van der Waals surface area contributed by atoms with Crippen LogP contribution < -0.4 is 4.72 Å². The van der Waals surface area contributed by atoms with Crippen molar-refractivity contribution in [3.05, 3.63) is 64.7 Å². The molecule has 0 fully saturated rings. The SMILES string of the molecule is O=C(O)CCc1cccc2c1CCC(NS(=O)(=O)c1ccc(C(F)(F)F)cc1)C2. The van der Waals surface area contributed by atoms with Gasteiger partial charge in [0.05, 0.1) is 10.5 Å². The summed E-state index contributed by atoms with van der Waals surface area (Å²) in [6.45, 7) is 0. The minimum atomic E-state index is -4.53. The first kappa shape index (κ1) is 21.3. The second-order valence-corrected chi connectivity index (χ2v) is 8.75. The fourth-order valence-corrected chi connectivity index (χ4v) is 4.84. The van der Waals surface area contributed by atoms with E-state index in [1.807, 2.05) is 18.2 Å².